The van der Waals surface area contributed by atoms with Gasteiger partial charge in [0.1, 0.15) is 0 Å². The van der Waals surface area contributed by atoms with Gasteiger partial charge in [0.25, 0.3) is 5.69 Å². The molecule has 7 heteroatoms. The quantitative estimate of drug-likeness (QED) is 0.588. The summed E-state index contributed by atoms with van der Waals surface area (Å²) in [5.74, 6) is 0. The fraction of sp³-hybridized carbons (Fsp3) is 0.368. The first-order valence-corrected chi connectivity index (χ1v) is 10.1. The lowest BCUT2D eigenvalue weighted by atomic mass is 9.92. The lowest BCUT2D eigenvalue weighted by molar-refractivity contribution is -0.384. The van der Waals surface area contributed by atoms with Gasteiger partial charge >= 0.3 is 0 Å². The van der Waals surface area contributed by atoms with Crippen LogP contribution in [0.5, 0.6) is 0 Å². The van der Waals surface area contributed by atoms with Crippen molar-refractivity contribution in [1.29, 1.82) is 0 Å². The monoisotopic (exact) mass is 374 g/mol. The Morgan fingerprint density at radius 2 is 1.77 bits per heavy atom. The normalized spacial score (nSPS) is 15.5. The van der Waals surface area contributed by atoms with E-state index in [0.29, 0.717) is 5.56 Å². The summed E-state index contributed by atoms with van der Waals surface area (Å²) in [5.41, 5.74) is 2.87. The van der Waals surface area contributed by atoms with Gasteiger partial charge in [0.05, 0.1) is 9.82 Å². The zero-order valence-electron chi connectivity index (χ0n) is 14.9. The Hall–Kier alpha value is -2.25. The number of nitrogens with zero attached hydrogens (tertiary/aromatic N) is 2. The van der Waals surface area contributed by atoms with Crippen LogP contribution in [0.4, 0.5) is 5.69 Å². The first-order chi connectivity index (χ1) is 12.3. The van der Waals surface area contributed by atoms with Crippen LogP contribution in [-0.2, 0) is 22.9 Å². The summed E-state index contributed by atoms with van der Waals surface area (Å²) in [6.07, 6.45) is 4.12. The number of hydrogen-bond donors (Lipinski definition) is 0. The van der Waals surface area contributed by atoms with Gasteiger partial charge in [-0.25, -0.2) is 8.42 Å². The molecule has 1 aliphatic carbocycles. The molecule has 26 heavy (non-hydrogen) atoms. The maximum Gasteiger partial charge on any atom is 0.269 e. The summed E-state index contributed by atoms with van der Waals surface area (Å²) in [6.45, 7) is 1.73. The highest BCUT2D eigenvalue weighted by Gasteiger charge is 2.28. The second-order valence-electron chi connectivity index (χ2n) is 6.69. The number of nitro groups is 1. The molecule has 1 atom stereocenters. The van der Waals surface area contributed by atoms with E-state index in [2.05, 4.69) is 0 Å². The highest BCUT2D eigenvalue weighted by atomic mass is 32.2. The molecule has 0 aliphatic heterocycles. The van der Waals surface area contributed by atoms with Crippen molar-refractivity contribution >= 4 is 15.7 Å². The van der Waals surface area contributed by atoms with E-state index in [1.54, 1.807) is 31.2 Å². The van der Waals surface area contributed by atoms with E-state index >= 15 is 0 Å². The van der Waals surface area contributed by atoms with Gasteiger partial charge in [-0.2, -0.15) is 4.31 Å². The van der Waals surface area contributed by atoms with Gasteiger partial charge < -0.3 is 0 Å². The maximum absolute atomic E-state index is 13.0. The van der Waals surface area contributed by atoms with Crippen LogP contribution in [0.3, 0.4) is 0 Å². The predicted molar refractivity (Wildman–Crippen MR) is 99.5 cm³/mol. The van der Waals surface area contributed by atoms with Crippen molar-refractivity contribution in [3.63, 3.8) is 0 Å². The first kappa shape index (κ1) is 18.5. The summed E-state index contributed by atoms with van der Waals surface area (Å²) >= 11 is 0. The molecule has 1 unspecified atom stereocenters. The Bertz CT molecular complexity index is 940. The highest BCUT2D eigenvalue weighted by Crippen LogP contribution is 2.30. The Morgan fingerprint density at radius 1 is 1.08 bits per heavy atom. The van der Waals surface area contributed by atoms with Crippen molar-refractivity contribution in [1.82, 2.24) is 4.31 Å². The van der Waals surface area contributed by atoms with Crippen molar-refractivity contribution in [2.75, 3.05) is 7.05 Å². The molecular weight excluding hydrogens is 352 g/mol. The minimum atomic E-state index is -3.69. The fourth-order valence-electron chi connectivity index (χ4n) is 3.35. The zero-order valence-corrected chi connectivity index (χ0v) is 15.7. The van der Waals surface area contributed by atoms with Gasteiger partial charge in [-0.3, -0.25) is 10.1 Å². The van der Waals surface area contributed by atoms with Crippen LogP contribution >= 0.6 is 0 Å². The second-order valence-corrected chi connectivity index (χ2v) is 8.68. The first-order valence-electron chi connectivity index (χ1n) is 8.65. The third kappa shape index (κ3) is 3.50. The van der Waals surface area contributed by atoms with Gasteiger partial charge in [0.2, 0.25) is 10.0 Å². The molecular formula is C19H22N2O4S. The number of rotatable bonds is 5. The predicted octanol–water partition coefficient (Wildman–Crippen LogP) is 3.86. The van der Waals surface area contributed by atoms with E-state index in [1.807, 2.05) is 6.07 Å². The fourth-order valence-corrected chi connectivity index (χ4v) is 4.75. The van der Waals surface area contributed by atoms with Crippen LogP contribution in [0.15, 0.2) is 47.4 Å². The number of benzene rings is 2. The van der Waals surface area contributed by atoms with Crippen molar-refractivity contribution in [3.8, 4) is 0 Å². The Morgan fingerprint density at radius 3 is 2.46 bits per heavy atom. The maximum atomic E-state index is 13.0. The third-order valence-corrected chi connectivity index (χ3v) is 7.03. The molecule has 0 saturated heterocycles. The molecule has 0 amide bonds. The van der Waals surface area contributed by atoms with Gasteiger partial charge in [0, 0.05) is 25.2 Å². The van der Waals surface area contributed by atoms with E-state index in [0.717, 1.165) is 31.2 Å². The molecule has 0 saturated carbocycles. The van der Waals surface area contributed by atoms with Crippen molar-refractivity contribution in [3.05, 3.63) is 69.3 Å². The molecule has 0 bridgehead atoms. The van der Waals surface area contributed by atoms with E-state index in [1.165, 1.54) is 29.0 Å². The van der Waals surface area contributed by atoms with Gasteiger partial charge in [0.15, 0.2) is 0 Å². The molecule has 3 rings (SSSR count). The van der Waals surface area contributed by atoms with Crippen LogP contribution in [0.25, 0.3) is 0 Å². The molecule has 2 aromatic carbocycles. The van der Waals surface area contributed by atoms with Crippen molar-refractivity contribution in [2.24, 2.45) is 0 Å². The number of nitro benzene ring substituents is 1. The second kappa shape index (κ2) is 7.17. The minimum Gasteiger partial charge on any atom is -0.258 e. The zero-order chi connectivity index (χ0) is 18.9. The summed E-state index contributed by atoms with van der Waals surface area (Å²) in [5, 5.41) is 11.0. The molecule has 0 fully saturated rings. The van der Waals surface area contributed by atoms with Crippen molar-refractivity contribution < 1.29 is 13.3 Å². The topological polar surface area (TPSA) is 80.5 Å². The molecule has 1 aliphatic rings. The molecule has 138 valence electrons. The number of fused-ring (bicyclic) bond motifs is 1. The average Bonchev–Trinajstić information content (AvgIpc) is 2.66. The molecule has 0 spiro atoms. The summed E-state index contributed by atoms with van der Waals surface area (Å²) in [7, 11) is -2.18. The third-order valence-electron chi connectivity index (χ3n) is 5.11. The summed E-state index contributed by atoms with van der Waals surface area (Å²) in [4.78, 5) is 10.8. The average molecular weight is 374 g/mol. The number of non-ortho nitro benzene ring substituents is 1. The Kier molecular flexibility index (Phi) is 5.11. The smallest absolute Gasteiger partial charge is 0.258 e. The minimum absolute atomic E-state index is 0.0473. The van der Waals surface area contributed by atoms with Crippen LogP contribution in [0.2, 0.25) is 0 Å². The Labute approximate surface area is 153 Å². The SMILES string of the molecule is CC(c1cccc([N+](=O)[O-])c1)N(C)S(=O)(=O)c1ccc2c(c1)CCCC2. The lowest BCUT2D eigenvalue weighted by Gasteiger charge is -2.25. The Balaban J connectivity index is 1.91. The van der Waals surface area contributed by atoms with E-state index in [-0.39, 0.29) is 10.6 Å². The molecule has 0 N–H and O–H groups in total. The molecule has 6 nitrogen and oxygen atoms in total. The number of hydrogen-bond acceptors (Lipinski definition) is 4. The molecule has 2 aromatic rings. The lowest BCUT2D eigenvalue weighted by Crippen LogP contribution is -2.30. The van der Waals surface area contributed by atoms with Crippen LogP contribution in [-0.4, -0.2) is 24.7 Å². The standard InChI is InChI=1S/C19H22N2O4S/c1-14(16-8-5-9-18(12-16)21(22)23)20(2)26(24,25)19-11-10-15-6-3-4-7-17(15)13-19/h5,8-14H,3-4,6-7H2,1-2H3. The largest absolute Gasteiger partial charge is 0.269 e. The summed E-state index contributed by atoms with van der Waals surface area (Å²) in [6, 6.07) is 10.9. The molecule has 0 aromatic heterocycles. The van der Waals surface area contributed by atoms with Gasteiger partial charge in [-0.1, -0.05) is 18.2 Å². The van der Waals surface area contributed by atoms with Crippen LogP contribution in [0.1, 0.15) is 42.5 Å². The summed E-state index contributed by atoms with van der Waals surface area (Å²) < 4.78 is 27.4. The van der Waals surface area contributed by atoms with E-state index in [9.17, 15) is 18.5 Å². The van der Waals surface area contributed by atoms with Gasteiger partial charge in [-0.15, -0.1) is 0 Å². The number of aryl methyl sites for hydroxylation is 2. The van der Waals surface area contributed by atoms with Gasteiger partial charge in [-0.05, 0) is 61.4 Å². The van der Waals surface area contributed by atoms with Crippen LogP contribution in [0, 0.1) is 10.1 Å². The highest BCUT2D eigenvalue weighted by molar-refractivity contribution is 7.89. The van der Waals surface area contributed by atoms with Crippen molar-refractivity contribution in [2.45, 2.75) is 43.5 Å². The van der Waals surface area contributed by atoms with E-state index < -0.39 is 21.0 Å². The molecule has 0 radical (unpaired) electrons. The van der Waals surface area contributed by atoms with Crippen LogP contribution < -0.4 is 0 Å². The van der Waals surface area contributed by atoms with E-state index in [4.69, 9.17) is 0 Å². The molecule has 0 heterocycles. The number of sulfonamides is 1.